The lowest BCUT2D eigenvalue weighted by atomic mass is 9.95. The first kappa shape index (κ1) is 33.4. The van der Waals surface area contributed by atoms with Crippen molar-refractivity contribution < 1.29 is 28.1 Å². The molecule has 0 saturated carbocycles. The smallest absolute Gasteiger partial charge is 0.338 e. The summed E-state index contributed by atoms with van der Waals surface area (Å²) in [5.74, 6) is 0.455. The van der Waals surface area contributed by atoms with Gasteiger partial charge in [-0.3, -0.25) is 9.36 Å². The molecule has 1 aliphatic heterocycles. The summed E-state index contributed by atoms with van der Waals surface area (Å²) >= 11 is 10.5. The molecule has 0 saturated heterocycles. The van der Waals surface area contributed by atoms with Crippen LogP contribution in [0, 0.1) is 9.39 Å². The number of carbonyl (C=O) groups is 1. The maximum absolute atomic E-state index is 14.3. The van der Waals surface area contributed by atoms with Gasteiger partial charge in [-0.1, -0.05) is 61.4 Å². The molecule has 13 heteroatoms. The van der Waals surface area contributed by atoms with Crippen LogP contribution >= 0.6 is 65.8 Å². The standard InChI is InChI=1S/C32H26Br2FIN2O6S/c1-5-43-31(40)27-16(2)37-32-38(28(27)20-13-24(41-3)25(42-4)14-21(20)34)30(39)26(45-32)11-18-10-19(33)12-23(36)29(18)44-15-17-8-6-7-9-22(17)35/h6-14,28H,5,15H2,1-4H3/b26-11-/t28-/m1/s1. The minimum atomic E-state index is -0.879. The topological polar surface area (TPSA) is 88.4 Å². The first-order chi connectivity index (χ1) is 21.6. The molecule has 5 rings (SSSR count). The molecule has 0 radical (unpaired) electrons. The Balaban J connectivity index is 1.70. The van der Waals surface area contributed by atoms with E-state index >= 15 is 0 Å². The number of hydrogen-bond donors (Lipinski definition) is 0. The van der Waals surface area contributed by atoms with Crippen LogP contribution in [0.3, 0.4) is 0 Å². The van der Waals surface area contributed by atoms with Crippen LogP contribution in [-0.2, 0) is 16.1 Å². The van der Waals surface area contributed by atoms with Crippen molar-refractivity contribution in [2.75, 3.05) is 20.8 Å². The van der Waals surface area contributed by atoms with Gasteiger partial charge < -0.3 is 18.9 Å². The molecule has 1 atom stereocenters. The summed E-state index contributed by atoms with van der Waals surface area (Å²) in [5.41, 5.74) is 1.90. The molecule has 0 unspecified atom stereocenters. The quantitative estimate of drug-likeness (QED) is 0.138. The predicted molar refractivity (Wildman–Crippen MR) is 185 cm³/mol. The number of fused-ring (bicyclic) bond motifs is 1. The van der Waals surface area contributed by atoms with Gasteiger partial charge in [0.2, 0.25) is 0 Å². The summed E-state index contributed by atoms with van der Waals surface area (Å²) in [5, 5.41) is 0. The zero-order valence-corrected chi connectivity index (χ0v) is 30.6. The Morgan fingerprint density at radius 3 is 2.53 bits per heavy atom. The number of hydrogen-bond acceptors (Lipinski definition) is 8. The number of aromatic nitrogens is 1. The second-order valence-electron chi connectivity index (χ2n) is 9.72. The number of methoxy groups -OCH3 is 2. The van der Waals surface area contributed by atoms with E-state index in [0.717, 1.165) is 8.04 Å². The summed E-state index contributed by atoms with van der Waals surface area (Å²) in [6.45, 7) is 3.59. The van der Waals surface area contributed by atoms with Gasteiger partial charge in [-0.2, -0.15) is 0 Å². The van der Waals surface area contributed by atoms with Crippen molar-refractivity contribution in [3.63, 3.8) is 0 Å². The lowest BCUT2D eigenvalue weighted by Gasteiger charge is -2.26. The molecule has 4 aromatic rings. The number of benzene rings is 3. The molecule has 0 fully saturated rings. The van der Waals surface area contributed by atoms with Gasteiger partial charge in [0, 0.05) is 20.1 Å². The Kier molecular flexibility index (Phi) is 10.5. The van der Waals surface area contributed by atoms with E-state index < -0.39 is 12.0 Å². The molecular formula is C32H26Br2FIN2O6S. The maximum Gasteiger partial charge on any atom is 0.338 e. The minimum Gasteiger partial charge on any atom is -0.493 e. The Hall–Kier alpha value is -3.01. The van der Waals surface area contributed by atoms with Gasteiger partial charge in [-0.15, -0.1) is 0 Å². The Labute approximate surface area is 292 Å². The second-order valence-corrected chi connectivity index (χ2v) is 13.7. The maximum atomic E-state index is 14.3. The summed E-state index contributed by atoms with van der Waals surface area (Å²) in [6.07, 6.45) is 1.72. The fraction of sp³-hybridized carbons (Fsp3) is 0.219. The van der Waals surface area contributed by atoms with Crippen LogP contribution in [0.15, 0.2) is 78.5 Å². The SMILES string of the molecule is CCOC(=O)C1=C(C)N=c2s/c(=C\c3cc(Br)cc(I)c3OCc3ccccc3F)c(=O)n2[C@@H]1c1cc(OC)c(OC)cc1Br. The van der Waals surface area contributed by atoms with Crippen LogP contribution in [-0.4, -0.2) is 31.4 Å². The third-order valence-electron chi connectivity index (χ3n) is 6.97. The number of ether oxygens (including phenoxy) is 4. The van der Waals surface area contributed by atoms with Gasteiger partial charge in [0.1, 0.15) is 18.2 Å². The lowest BCUT2D eigenvalue weighted by molar-refractivity contribution is -0.139. The highest BCUT2D eigenvalue weighted by atomic mass is 127. The largest absolute Gasteiger partial charge is 0.493 e. The van der Waals surface area contributed by atoms with Gasteiger partial charge in [0.05, 0.1) is 46.2 Å². The third kappa shape index (κ3) is 6.76. The highest BCUT2D eigenvalue weighted by molar-refractivity contribution is 14.1. The van der Waals surface area contributed by atoms with E-state index in [1.54, 1.807) is 50.3 Å². The van der Waals surface area contributed by atoms with Crippen LogP contribution in [0.2, 0.25) is 0 Å². The van der Waals surface area contributed by atoms with Gasteiger partial charge in [-0.25, -0.2) is 14.2 Å². The molecule has 45 heavy (non-hydrogen) atoms. The molecule has 0 bridgehead atoms. The normalized spacial score (nSPS) is 14.6. The number of halogens is 4. The summed E-state index contributed by atoms with van der Waals surface area (Å²) < 4.78 is 40.9. The van der Waals surface area contributed by atoms with Gasteiger partial charge >= 0.3 is 5.97 Å². The van der Waals surface area contributed by atoms with E-state index in [1.165, 1.54) is 36.2 Å². The second kappa shape index (κ2) is 14.2. The number of esters is 1. The summed E-state index contributed by atoms with van der Waals surface area (Å²) in [7, 11) is 3.04. The van der Waals surface area contributed by atoms with Crippen molar-refractivity contribution in [1.29, 1.82) is 0 Å². The predicted octanol–water partition coefficient (Wildman–Crippen LogP) is 6.66. The van der Waals surface area contributed by atoms with Gasteiger partial charge in [0.25, 0.3) is 5.56 Å². The van der Waals surface area contributed by atoms with E-state index in [1.807, 2.05) is 12.1 Å². The molecule has 8 nitrogen and oxygen atoms in total. The van der Waals surface area contributed by atoms with Crippen LogP contribution in [0.5, 0.6) is 17.2 Å². The highest BCUT2D eigenvalue weighted by Crippen LogP contribution is 2.41. The lowest BCUT2D eigenvalue weighted by Crippen LogP contribution is -2.40. The van der Waals surface area contributed by atoms with Crippen molar-refractivity contribution in [2.24, 2.45) is 4.99 Å². The van der Waals surface area contributed by atoms with Crippen LogP contribution in [0.25, 0.3) is 6.08 Å². The van der Waals surface area contributed by atoms with E-state index in [0.29, 0.717) is 53.4 Å². The fourth-order valence-electron chi connectivity index (χ4n) is 4.91. The molecule has 2 heterocycles. The van der Waals surface area contributed by atoms with Gasteiger partial charge in [-0.05, 0) is 78.4 Å². The zero-order valence-electron chi connectivity index (χ0n) is 24.5. The average molecular weight is 872 g/mol. The number of thiazole rings is 1. The third-order valence-corrected chi connectivity index (χ3v) is 9.90. The van der Waals surface area contributed by atoms with Crippen molar-refractivity contribution >= 4 is 77.8 Å². The van der Waals surface area contributed by atoms with Crippen LogP contribution in [0.4, 0.5) is 4.39 Å². The molecule has 3 aromatic carbocycles. The average Bonchev–Trinajstić information content (AvgIpc) is 3.30. The van der Waals surface area contributed by atoms with E-state index in [9.17, 15) is 14.0 Å². The van der Waals surface area contributed by atoms with E-state index in [-0.39, 0.29) is 30.2 Å². The summed E-state index contributed by atoms with van der Waals surface area (Å²) in [4.78, 5) is 32.7. The monoisotopic (exact) mass is 870 g/mol. The first-order valence-electron chi connectivity index (χ1n) is 13.5. The van der Waals surface area contributed by atoms with Crippen LogP contribution < -0.4 is 29.1 Å². The Morgan fingerprint density at radius 1 is 1.13 bits per heavy atom. The Bertz CT molecular complexity index is 2030. The van der Waals surface area contributed by atoms with Crippen molar-refractivity contribution in [3.05, 3.63) is 115 Å². The van der Waals surface area contributed by atoms with Crippen molar-refractivity contribution in [1.82, 2.24) is 4.57 Å². The molecule has 234 valence electrons. The molecule has 1 aliphatic rings. The molecule has 0 aliphatic carbocycles. The van der Waals surface area contributed by atoms with E-state index in [4.69, 9.17) is 18.9 Å². The fourth-order valence-corrected chi connectivity index (χ4v) is 8.19. The van der Waals surface area contributed by atoms with E-state index in [2.05, 4.69) is 59.4 Å². The first-order valence-corrected chi connectivity index (χ1v) is 17.0. The number of rotatable bonds is 9. The molecule has 0 N–H and O–H groups in total. The van der Waals surface area contributed by atoms with Gasteiger partial charge in [0.15, 0.2) is 16.3 Å². The molecule has 0 amide bonds. The number of nitrogens with zero attached hydrogens (tertiary/aromatic N) is 2. The van der Waals surface area contributed by atoms with Crippen LogP contribution in [0.1, 0.15) is 36.6 Å². The van der Waals surface area contributed by atoms with Crippen molar-refractivity contribution in [3.8, 4) is 17.2 Å². The molecule has 0 spiro atoms. The zero-order chi connectivity index (χ0) is 32.4. The summed E-state index contributed by atoms with van der Waals surface area (Å²) in [6, 6.07) is 12.7. The minimum absolute atomic E-state index is 0.00181. The Morgan fingerprint density at radius 2 is 1.84 bits per heavy atom. The molecule has 1 aromatic heterocycles. The highest BCUT2D eigenvalue weighted by Gasteiger charge is 2.35. The number of carbonyl (C=O) groups excluding carboxylic acids is 1. The molecular weight excluding hydrogens is 846 g/mol. The van der Waals surface area contributed by atoms with Crippen molar-refractivity contribution in [2.45, 2.75) is 26.5 Å². The number of allylic oxidation sites excluding steroid dienone is 1.